The Bertz CT molecular complexity index is 1670. The van der Waals surface area contributed by atoms with Crippen molar-refractivity contribution in [2.24, 2.45) is 0 Å². The Labute approximate surface area is 245 Å². The Morgan fingerprint density at radius 1 is 0.762 bits per heavy atom. The summed E-state index contributed by atoms with van der Waals surface area (Å²) in [6, 6.07) is 42.8. The van der Waals surface area contributed by atoms with Crippen LogP contribution < -0.4 is 5.32 Å². The van der Waals surface area contributed by atoms with Gasteiger partial charge in [0.2, 0.25) is 0 Å². The van der Waals surface area contributed by atoms with Gasteiger partial charge in [0.1, 0.15) is 11.6 Å². The van der Waals surface area contributed by atoms with E-state index in [0.29, 0.717) is 13.0 Å². The zero-order chi connectivity index (χ0) is 28.8. The minimum Gasteiger partial charge on any atom is -0.468 e. The number of methoxy groups -OCH3 is 1. The van der Waals surface area contributed by atoms with Crippen LogP contribution in [0, 0.1) is 0 Å². The SMILES string of the molecule is COC(=O)[C@H](Cc1cn(C(c2ccccc2)(c2ccccc2)c2ccccc2)cn1)NCc1ccc2ccccc2n1. The second kappa shape index (κ2) is 12.2. The summed E-state index contributed by atoms with van der Waals surface area (Å²) in [5.74, 6) is -0.342. The molecule has 0 unspecified atom stereocenters. The summed E-state index contributed by atoms with van der Waals surface area (Å²) in [7, 11) is 1.41. The lowest BCUT2D eigenvalue weighted by Gasteiger charge is -2.37. The number of hydrogen-bond acceptors (Lipinski definition) is 5. The first-order chi connectivity index (χ1) is 20.7. The number of fused-ring (bicyclic) bond motifs is 1. The molecule has 0 spiro atoms. The minimum atomic E-state index is -0.668. The molecule has 0 aliphatic carbocycles. The van der Waals surface area contributed by atoms with Gasteiger partial charge in [-0.05, 0) is 28.8 Å². The number of hydrogen-bond donors (Lipinski definition) is 1. The summed E-state index contributed by atoms with van der Waals surface area (Å²) in [5.41, 5.74) is 5.20. The number of esters is 1. The van der Waals surface area contributed by atoms with Crippen LogP contribution in [0.4, 0.5) is 0 Å². The average molecular weight is 553 g/mol. The van der Waals surface area contributed by atoms with E-state index in [2.05, 4.69) is 82.7 Å². The van der Waals surface area contributed by atoms with Gasteiger partial charge >= 0.3 is 5.97 Å². The molecule has 2 heterocycles. The number of ether oxygens (including phenoxy) is 1. The summed E-state index contributed by atoms with van der Waals surface area (Å²) in [4.78, 5) is 22.4. The van der Waals surface area contributed by atoms with Gasteiger partial charge in [-0.2, -0.15) is 0 Å². The molecular weight excluding hydrogens is 520 g/mol. The first-order valence-corrected chi connectivity index (χ1v) is 14.0. The van der Waals surface area contributed by atoms with E-state index >= 15 is 0 Å². The number of rotatable bonds is 10. The molecule has 1 N–H and O–H groups in total. The van der Waals surface area contributed by atoms with Gasteiger partial charge in [-0.15, -0.1) is 0 Å². The van der Waals surface area contributed by atoms with Gasteiger partial charge in [-0.1, -0.05) is 115 Å². The summed E-state index contributed by atoms with van der Waals surface area (Å²) in [6.45, 7) is 0.424. The van der Waals surface area contributed by atoms with Crippen LogP contribution in [0.25, 0.3) is 10.9 Å². The lowest BCUT2D eigenvalue weighted by molar-refractivity contribution is -0.143. The third-order valence-corrected chi connectivity index (χ3v) is 7.68. The second-order valence-electron chi connectivity index (χ2n) is 10.2. The fourth-order valence-corrected chi connectivity index (χ4v) is 5.66. The highest BCUT2D eigenvalue weighted by atomic mass is 16.5. The Morgan fingerprint density at radius 2 is 1.33 bits per heavy atom. The number of benzene rings is 4. The molecule has 0 fully saturated rings. The summed E-state index contributed by atoms with van der Waals surface area (Å²) in [6.07, 6.45) is 4.27. The summed E-state index contributed by atoms with van der Waals surface area (Å²) in [5, 5.41) is 4.44. The number of carbonyl (C=O) groups excluding carboxylic acids is 1. The smallest absolute Gasteiger partial charge is 0.323 e. The van der Waals surface area contributed by atoms with Crippen molar-refractivity contribution >= 4 is 16.9 Å². The molecule has 0 amide bonds. The predicted molar refractivity (Wildman–Crippen MR) is 165 cm³/mol. The van der Waals surface area contributed by atoms with E-state index in [-0.39, 0.29) is 5.97 Å². The van der Waals surface area contributed by atoms with Crippen molar-refractivity contribution in [1.82, 2.24) is 19.9 Å². The van der Waals surface area contributed by atoms with Crippen molar-refractivity contribution in [3.05, 3.63) is 168 Å². The van der Waals surface area contributed by atoms with Crippen molar-refractivity contribution in [1.29, 1.82) is 0 Å². The Balaban J connectivity index is 1.35. The molecule has 1 atom stereocenters. The largest absolute Gasteiger partial charge is 0.468 e. The van der Waals surface area contributed by atoms with E-state index in [1.54, 1.807) is 0 Å². The standard InChI is InChI=1S/C36H32N4O2/c1-42-35(41)34(37-24-31-22-21-27-13-11-12-20-33(27)39-31)23-32-25-40(26-38-32)36(28-14-5-2-6-15-28,29-16-7-3-8-17-29)30-18-9-4-10-19-30/h2-22,25-26,34,37H,23-24H2,1H3/t34-/m0/s1. The zero-order valence-electron chi connectivity index (χ0n) is 23.4. The fraction of sp³-hybridized carbons (Fsp3) is 0.139. The van der Waals surface area contributed by atoms with Crippen LogP contribution >= 0.6 is 0 Å². The molecule has 0 aliphatic heterocycles. The first kappa shape index (κ1) is 27.1. The van der Waals surface area contributed by atoms with Gasteiger partial charge in [-0.3, -0.25) is 15.1 Å². The number of pyridine rings is 1. The Kier molecular flexibility index (Phi) is 7.88. The molecule has 4 aromatic carbocycles. The van der Waals surface area contributed by atoms with Gasteiger partial charge in [0.25, 0.3) is 0 Å². The molecule has 208 valence electrons. The number of aromatic nitrogens is 3. The lowest BCUT2D eigenvalue weighted by Crippen LogP contribution is -2.39. The van der Waals surface area contributed by atoms with Crippen LogP contribution in [0.2, 0.25) is 0 Å². The minimum absolute atomic E-state index is 0.342. The Morgan fingerprint density at radius 3 is 1.93 bits per heavy atom. The quantitative estimate of drug-likeness (QED) is 0.163. The number of carbonyl (C=O) groups is 1. The van der Waals surface area contributed by atoms with Crippen molar-refractivity contribution in [2.75, 3.05) is 7.11 Å². The summed E-state index contributed by atoms with van der Waals surface area (Å²) >= 11 is 0. The van der Waals surface area contributed by atoms with Crippen molar-refractivity contribution in [3.8, 4) is 0 Å². The lowest BCUT2D eigenvalue weighted by atomic mass is 9.77. The highest BCUT2D eigenvalue weighted by Gasteiger charge is 2.38. The monoisotopic (exact) mass is 552 g/mol. The van der Waals surface area contributed by atoms with Crippen molar-refractivity contribution < 1.29 is 9.53 Å². The van der Waals surface area contributed by atoms with Crippen LogP contribution in [-0.4, -0.2) is 33.7 Å². The first-order valence-electron chi connectivity index (χ1n) is 14.0. The third-order valence-electron chi connectivity index (χ3n) is 7.68. The van der Waals surface area contributed by atoms with Crippen LogP contribution in [0.1, 0.15) is 28.1 Å². The van der Waals surface area contributed by atoms with Gasteiger partial charge in [0.05, 0.1) is 30.3 Å². The maximum absolute atomic E-state index is 12.9. The van der Waals surface area contributed by atoms with Crippen molar-refractivity contribution in [3.63, 3.8) is 0 Å². The van der Waals surface area contributed by atoms with E-state index in [1.807, 2.05) is 67.1 Å². The summed E-state index contributed by atoms with van der Waals surface area (Å²) < 4.78 is 7.32. The Hall–Kier alpha value is -5.07. The average Bonchev–Trinajstić information content (AvgIpc) is 3.53. The van der Waals surface area contributed by atoms with Gasteiger partial charge < -0.3 is 9.30 Å². The molecule has 6 heteroatoms. The molecule has 42 heavy (non-hydrogen) atoms. The molecule has 6 rings (SSSR count). The molecule has 0 saturated heterocycles. The fourth-order valence-electron chi connectivity index (χ4n) is 5.66. The number of imidazole rings is 1. The molecule has 6 aromatic rings. The van der Waals surface area contributed by atoms with E-state index in [9.17, 15) is 4.79 Å². The van der Waals surface area contributed by atoms with Gasteiger partial charge in [0, 0.05) is 24.5 Å². The van der Waals surface area contributed by atoms with E-state index < -0.39 is 11.6 Å². The number of nitrogens with one attached hydrogen (secondary N) is 1. The molecule has 0 bridgehead atoms. The van der Waals surface area contributed by atoms with E-state index in [0.717, 1.165) is 39.0 Å². The maximum Gasteiger partial charge on any atom is 0.323 e. The normalized spacial score (nSPS) is 12.2. The number of nitrogens with zero attached hydrogens (tertiary/aromatic N) is 3. The van der Waals surface area contributed by atoms with Crippen LogP contribution in [0.5, 0.6) is 0 Å². The third kappa shape index (κ3) is 5.32. The molecule has 6 nitrogen and oxygen atoms in total. The predicted octanol–water partition coefficient (Wildman–Crippen LogP) is 6.15. The van der Waals surface area contributed by atoms with Crippen LogP contribution in [0.15, 0.2) is 140 Å². The topological polar surface area (TPSA) is 69.0 Å². The highest BCUT2D eigenvalue weighted by Crippen LogP contribution is 2.40. The molecule has 2 aromatic heterocycles. The van der Waals surface area contributed by atoms with Crippen LogP contribution in [-0.2, 0) is 28.0 Å². The van der Waals surface area contributed by atoms with E-state index in [1.165, 1.54) is 7.11 Å². The van der Waals surface area contributed by atoms with Crippen molar-refractivity contribution in [2.45, 2.75) is 24.5 Å². The molecule has 0 aliphatic rings. The van der Waals surface area contributed by atoms with Crippen LogP contribution in [0.3, 0.4) is 0 Å². The zero-order valence-corrected chi connectivity index (χ0v) is 23.4. The van der Waals surface area contributed by atoms with Gasteiger partial charge in [0.15, 0.2) is 0 Å². The highest BCUT2D eigenvalue weighted by molar-refractivity contribution is 5.78. The van der Waals surface area contributed by atoms with Gasteiger partial charge in [-0.25, -0.2) is 4.98 Å². The van der Waals surface area contributed by atoms with E-state index in [4.69, 9.17) is 14.7 Å². The maximum atomic E-state index is 12.9. The number of para-hydroxylation sites is 1. The molecular formula is C36H32N4O2. The molecule has 0 radical (unpaired) electrons. The second-order valence-corrected chi connectivity index (χ2v) is 10.2. The molecule has 0 saturated carbocycles.